The van der Waals surface area contributed by atoms with Crippen molar-refractivity contribution in [3.63, 3.8) is 0 Å². The highest BCUT2D eigenvalue weighted by atomic mass is 16.5. The number of anilines is 1. The van der Waals surface area contributed by atoms with Gasteiger partial charge in [0.1, 0.15) is 18.9 Å². The summed E-state index contributed by atoms with van der Waals surface area (Å²) in [6.07, 6.45) is 3.55. The third-order valence-electron chi connectivity index (χ3n) is 4.52. The van der Waals surface area contributed by atoms with Gasteiger partial charge in [0, 0.05) is 11.3 Å². The van der Waals surface area contributed by atoms with Crippen LogP contribution in [0, 0.1) is 0 Å². The maximum atomic E-state index is 12.6. The van der Waals surface area contributed by atoms with Gasteiger partial charge in [-0.05, 0) is 48.2 Å². The Morgan fingerprint density at radius 2 is 1.74 bits per heavy atom. The molecule has 0 heterocycles. The van der Waals surface area contributed by atoms with E-state index in [1.54, 1.807) is 6.08 Å². The maximum Gasteiger partial charge on any atom is 0.279 e. The van der Waals surface area contributed by atoms with Gasteiger partial charge in [-0.3, -0.25) is 4.79 Å². The van der Waals surface area contributed by atoms with Gasteiger partial charge in [0.25, 0.3) is 5.91 Å². The van der Waals surface area contributed by atoms with Crippen molar-refractivity contribution in [2.24, 2.45) is 0 Å². The van der Waals surface area contributed by atoms with Crippen molar-refractivity contribution in [1.29, 1.82) is 0 Å². The lowest BCUT2D eigenvalue weighted by molar-refractivity contribution is -0.885. The third-order valence-corrected chi connectivity index (χ3v) is 4.52. The molecule has 0 spiro atoms. The van der Waals surface area contributed by atoms with E-state index in [1.165, 1.54) is 16.7 Å². The smallest absolute Gasteiger partial charge is 0.279 e. The molecular formula is C23H31N2O2+. The van der Waals surface area contributed by atoms with E-state index in [0.29, 0.717) is 13.2 Å². The molecule has 27 heavy (non-hydrogen) atoms. The van der Waals surface area contributed by atoms with E-state index in [-0.39, 0.29) is 5.91 Å². The second kappa shape index (κ2) is 10.5. The van der Waals surface area contributed by atoms with Gasteiger partial charge >= 0.3 is 0 Å². The molecule has 2 aromatic carbocycles. The summed E-state index contributed by atoms with van der Waals surface area (Å²) in [5.74, 6) is 0.881. The van der Waals surface area contributed by atoms with Crippen molar-refractivity contribution < 1.29 is 14.4 Å². The lowest BCUT2D eigenvalue weighted by Crippen LogP contribution is -3.08. The van der Waals surface area contributed by atoms with E-state index in [2.05, 4.69) is 43.9 Å². The highest BCUT2D eigenvalue weighted by Crippen LogP contribution is 2.22. The highest BCUT2D eigenvalue weighted by molar-refractivity contribution is 5.93. The largest absolute Gasteiger partial charge is 0.490 e. The maximum absolute atomic E-state index is 12.6. The number of rotatable bonds is 10. The van der Waals surface area contributed by atoms with E-state index >= 15 is 0 Å². The minimum Gasteiger partial charge on any atom is -0.490 e. The summed E-state index contributed by atoms with van der Waals surface area (Å²) < 4.78 is 5.50. The lowest BCUT2D eigenvalue weighted by Gasteiger charge is -2.17. The average molecular weight is 368 g/mol. The molecule has 0 aliphatic carbocycles. The zero-order chi connectivity index (χ0) is 19.6. The van der Waals surface area contributed by atoms with E-state index < -0.39 is 0 Å². The number of likely N-dealkylation sites (N-methyl/N-ethyl adjacent to an activating group) is 1. The number of benzene rings is 2. The van der Waals surface area contributed by atoms with Crippen LogP contribution in [0.2, 0.25) is 0 Å². The first-order valence-electron chi connectivity index (χ1n) is 9.61. The summed E-state index contributed by atoms with van der Waals surface area (Å²) >= 11 is 0. The van der Waals surface area contributed by atoms with Crippen LogP contribution in [-0.2, 0) is 24.2 Å². The quantitative estimate of drug-likeness (QED) is 0.634. The molecule has 2 N–H and O–H groups in total. The van der Waals surface area contributed by atoms with Crippen molar-refractivity contribution >= 4 is 11.6 Å². The van der Waals surface area contributed by atoms with Crippen LogP contribution in [0.25, 0.3) is 0 Å². The number of hydrogen-bond donors (Lipinski definition) is 2. The number of amides is 1. The molecule has 4 heteroatoms. The van der Waals surface area contributed by atoms with Crippen molar-refractivity contribution in [2.45, 2.75) is 33.2 Å². The fraction of sp³-hybridized carbons (Fsp3) is 0.348. The minimum atomic E-state index is 0.0500. The lowest BCUT2D eigenvalue weighted by atomic mass is 10.0. The standard InChI is InChI=1S/C23H30N2O2/c1-5-15-27-21-13-11-18(12-14-21)16-25(4)17-22(26)24-23-19(6-2)9-8-10-20(23)7-3/h5,8-14H,1,6-7,15-17H2,2-4H3,(H,24,26)/p+1. The van der Waals surface area contributed by atoms with Crippen molar-refractivity contribution in [3.8, 4) is 5.75 Å². The molecule has 1 amide bonds. The Morgan fingerprint density at radius 1 is 1.11 bits per heavy atom. The normalized spacial score (nSPS) is 11.7. The van der Waals surface area contributed by atoms with Crippen LogP contribution in [0.5, 0.6) is 5.75 Å². The van der Waals surface area contributed by atoms with Gasteiger partial charge in [-0.25, -0.2) is 0 Å². The fourth-order valence-corrected chi connectivity index (χ4v) is 3.13. The van der Waals surface area contributed by atoms with Crippen LogP contribution in [-0.4, -0.2) is 26.1 Å². The monoisotopic (exact) mass is 367 g/mol. The summed E-state index contributed by atoms with van der Waals surface area (Å²) in [6, 6.07) is 14.2. The third kappa shape index (κ3) is 6.26. The van der Waals surface area contributed by atoms with Gasteiger partial charge in [0.15, 0.2) is 6.54 Å². The number of carbonyl (C=O) groups is 1. The van der Waals surface area contributed by atoms with Crippen LogP contribution in [0.1, 0.15) is 30.5 Å². The highest BCUT2D eigenvalue weighted by Gasteiger charge is 2.14. The van der Waals surface area contributed by atoms with Crippen LogP contribution in [0.15, 0.2) is 55.1 Å². The molecule has 2 rings (SSSR count). The molecule has 0 fully saturated rings. The Kier molecular flexibility index (Phi) is 8.08. The van der Waals surface area contributed by atoms with Crippen LogP contribution >= 0.6 is 0 Å². The summed E-state index contributed by atoms with van der Waals surface area (Å²) in [6.45, 7) is 9.59. The molecule has 144 valence electrons. The van der Waals surface area contributed by atoms with Gasteiger partial charge in [-0.2, -0.15) is 0 Å². The first-order valence-corrected chi connectivity index (χ1v) is 9.61. The SMILES string of the molecule is C=CCOc1ccc(C[NH+](C)CC(=O)Nc2c(CC)cccc2CC)cc1. The van der Waals surface area contributed by atoms with Gasteiger partial charge < -0.3 is 15.0 Å². The van der Waals surface area contributed by atoms with Crippen LogP contribution in [0.4, 0.5) is 5.69 Å². The molecule has 0 aromatic heterocycles. The van der Waals surface area contributed by atoms with E-state index in [1.807, 2.05) is 31.3 Å². The molecule has 0 aliphatic heterocycles. The molecule has 1 atom stereocenters. The van der Waals surface area contributed by atoms with Gasteiger partial charge in [0.05, 0.1) is 7.05 Å². The number of carbonyl (C=O) groups excluding carboxylic acids is 1. The second-order valence-electron chi connectivity index (χ2n) is 6.76. The van der Waals surface area contributed by atoms with Crippen LogP contribution < -0.4 is 15.0 Å². The molecule has 0 bridgehead atoms. The Morgan fingerprint density at radius 3 is 2.30 bits per heavy atom. The Labute approximate surface area is 162 Å². The topological polar surface area (TPSA) is 42.8 Å². The molecule has 0 saturated carbocycles. The Bertz CT molecular complexity index is 731. The summed E-state index contributed by atoms with van der Waals surface area (Å²) in [5.41, 5.74) is 4.55. The minimum absolute atomic E-state index is 0.0500. The fourth-order valence-electron chi connectivity index (χ4n) is 3.13. The van der Waals surface area contributed by atoms with E-state index in [9.17, 15) is 4.79 Å². The molecule has 4 nitrogen and oxygen atoms in total. The number of aryl methyl sites for hydroxylation is 2. The van der Waals surface area contributed by atoms with Crippen LogP contribution in [0.3, 0.4) is 0 Å². The van der Waals surface area contributed by atoms with Crippen molar-refractivity contribution in [1.82, 2.24) is 0 Å². The Hall–Kier alpha value is -2.59. The summed E-state index contributed by atoms with van der Waals surface area (Å²) in [5, 5.41) is 3.14. The zero-order valence-electron chi connectivity index (χ0n) is 16.7. The molecule has 2 aromatic rings. The summed E-state index contributed by atoms with van der Waals surface area (Å²) in [7, 11) is 2.04. The number of nitrogens with one attached hydrogen (secondary N) is 2. The zero-order valence-corrected chi connectivity index (χ0v) is 16.7. The molecule has 0 saturated heterocycles. The predicted molar refractivity (Wildman–Crippen MR) is 111 cm³/mol. The molecule has 1 unspecified atom stereocenters. The van der Waals surface area contributed by atoms with E-state index in [0.717, 1.165) is 35.7 Å². The summed E-state index contributed by atoms with van der Waals surface area (Å²) in [4.78, 5) is 13.7. The van der Waals surface area contributed by atoms with Crippen molar-refractivity contribution in [3.05, 3.63) is 71.8 Å². The van der Waals surface area contributed by atoms with Gasteiger partial charge in [-0.15, -0.1) is 0 Å². The van der Waals surface area contributed by atoms with Crippen molar-refractivity contribution in [2.75, 3.05) is 25.5 Å². The second-order valence-corrected chi connectivity index (χ2v) is 6.76. The molecular weight excluding hydrogens is 336 g/mol. The average Bonchev–Trinajstić information content (AvgIpc) is 2.67. The molecule has 0 aliphatic rings. The van der Waals surface area contributed by atoms with E-state index in [4.69, 9.17) is 4.74 Å². The molecule has 0 radical (unpaired) electrons. The first kappa shape index (κ1) is 20.7. The number of quaternary nitrogens is 1. The number of para-hydroxylation sites is 1. The Balaban J connectivity index is 1.93. The van der Waals surface area contributed by atoms with Gasteiger partial charge in [0.2, 0.25) is 0 Å². The van der Waals surface area contributed by atoms with Gasteiger partial charge in [-0.1, -0.05) is 44.7 Å². The number of hydrogen-bond acceptors (Lipinski definition) is 2. The first-order chi connectivity index (χ1) is 13.1. The number of ether oxygens (including phenoxy) is 1. The predicted octanol–water partition coefficient (Wildman–Crippen LogP) is 3.03.